The minimum atomic E-state index is -0.0697. The second-order valence-corrected chi connectivity index (χ2v) is 6.06. The van der Waals surface area contributed by atoms with E-state index < -0.39 is 0 Å². The van der Waals surface area contributed by atoms with Gasteiger partial charge in [0, 0.05) is 18.5 Å². The van der Waals surface area contributed by atoms with Gasteiger partial charge in [-0.1, -0.05) is 25.9 Å². The van der Waals surface area contributed by atoms with Gasteiger partial charge in [0.2, 0.25) is 5.89 Å². The summed E-state index contributed by atoms with van der Waals surface area (Å²) in [6.45, 7) is 13.1. The van der Waals surface area contributed by atoms with Gasteiger partial charge >= 0.3 is 0 Å². The van der Waals surface area contributed by atoms with Crippen LogP contribution in [0.4, 0.5) is 0 Å². The molecular formula is C13H23N3O2. The lowest BCUT2D eigenvalue weighted by Crippen LogP contribution is -2.42. The molecule has 0 amide bonds. The molecule has 1 fully saturated rings. The van der Waals surface area contributed by atoms with Crippen LogP contribution in [-0.2, 0) is 10.2 Å². The molecule has 1 aromatic heterocycles. The molecule has 2 heterocycles. The molecule has 0 aliphatic carbocycles. The molecule has 1 aromatic rings. The Hall–Kier alpha value is -0.940. The first-order valence-corrected chi connectivity index (χ1v) is 6.57. The first-order valence-electron chi connectivity index (χ1n) is 6.57. The Labute approximate surface area is 108 Å². The lowest BCUT2D eigenvalue weighted by molar-refractivity contribution is -0.0361. The van der Waals surface area contributed by atoms with Crippen molar-refractivity contribution in [3.63, 3.8) is 0 Å². The van der Waals surface area contributed by atoms with E-state index in [4.69, 9.17) is 9.26 Å². The van der Waals surface area contributed by atoms with Gasteiger partial charge in [-0.25, -0.2) is 0 Å². The van der Waals surface area contributed by atoms with Crippen molar-refractivity contribution in [2.75, 3.05) is 19.7 Å². The van der Waals surface area contributed by atoms with Crippen molar-refractivity contribution in [2.45, 2.75) is 52.2 Å². The Morgan fingerprint density at radius 2 is 2.11 bits per heavy atom. The molecule has 5 nitrogen and oxygen atoms in total. The van der Waals surface area contributed by atoms with E-state index in [1.54, 1.807) is 0 Å². The molecule has 0 saturated carbocycles. The molecule has 0 spiro atoms. The molecule has 0 radical (unpaired) electrons. The first kappa shape index (κ1) is 13.5. The fraction of sp³-hybridized carbons (Fsp3) is 0.846. The Morgan fingerprint density at radius 1 is 1.39 bits per heavy atom. The molecular weight excluding hydrogens is 230 g/mol. The fourth-order valence-corrected chi connectivity index (χ4v) is 2.06. The topological polar surface area (TPSA) is 51.4 Å². The van der Waals surface area contributed by atoms with Crippen molar-refractivity contribution in [3.8, 4) is 0 Å². The highest BCUT2D eigenvalue weighted by molar-refractivity contribution is 5.02. The third-order valence-corrected chi connectivity index (χ3v) is 3.29. The maximum absolute atomic E-state index is 5.55. The predicted octanol–water partition coefficient (Wildman–Crippen LogP) is 2.15. The fourth-order valence-electron chi connectivity index (χ4n) is 2.06. The summed E-state index contributed by atoms with van der Waals surface area (Å²) in [4.78, 5) is 6.85. The Bertz CT molecular complexity index is 397. The van der Waals surface area contributed by atoms with Crippen LogP contribution < -0.4 is 0 Å². The van der Waals surface area contributed by atoms with Crippen LogP contribution in [0.25, 0.3) is 0 Å². The SMILES string of the molecule is C[C@H](c1nc(C(C)(C)C)no1)N1CCO[C@@H](C)C1. The van der Waals surface area contributed by atoms with Gasteiger partial charge in [0.1, 0.15) is 0 Å². The second-order valence-electron chi connectivity index (χ2n) is 6.06. The van der Waals surface area contributed by atoms with E-state index in [1.165, 1.54) is 0 Å². The number of aromatic nitrogens is 2. The van der Waals surface area contributed by atoms with Crippen LogP contribution in [0.2, 0.25) is 0 Å². The summed E-state index contributed by atoms with van der Waals surface area (Å²) in [6, 6.07) is 0.153. The van der Waals surface area contributed by atoms with Crippen LogP contribution in [0, 0.1) is 0 Å². The van der Waals surface area contributed by atoms with Gasteiger partial charge in [-0.2, -0.15) is 4.98 Å². The van der Waals surface area contributed by atoms with Crippen LogP contribution in [0.1, 0.15) is 52.4 Å². The molecule has 2 atom stereocenters. The van der Waals surface area contributed by atoms with Crippen LogP contribution in [0.15, 0.2) is 4.52 Å². The van der Waals surface area contributed by atoms with E-state index in [0.717, 1.165) is 25.5 Å². The molecule has 2 rings (SSSR count). The second kappa shape index (κ2) is 4.97. The highest BCUT2D eigenvalue weighted by Crippen LogP contribution is 2.24. The van der Waals surface area contributed by atoms with E-state index in [1.807, 2.05) is 0 Å². The summed E-state index contributed by atoms with van der Waals surface area (Å²) in [5.41, 5.74) is -0.0697. The normalized spacial score (nSPS) is 24.2. The summed E-state index contributed by atoms with van der Waals surface area (Å²) < 4.78 is 10.9. The minimum absolute atomic E-state index is 0.0697. The summed E-state index contributed by atoms with van der Waals surface area (Å²) in [5.74, 6) is 1.47. The molecule has 0 N–H and O–H groups in total. The number of rotatable bonds is 2. The standard InChI is InChI=1S/C13H23N3O2/c1-9-8-16(6-7-17-9)10(2)11-14-12(15-18-11)13(3,4)5/h9-10H,6-8H2,1-5H3/t9-,10+/m0/s1. The maximum Gasteiger partial charge on any atom is 0.243 e. The molecule has 18 heavy (non-hydrogen) atoms. The van der Waals surface area contributed by atoms with Gasteiger partial charge in [-0.3, -0.25) is 4.90 Å². The number of nitrogens with zero attached hydrogens (tertiary/aromatic N) is 3. The van der Waals surface area contributed by atoms with Crippen molar-refractivity contribution >= 4 is 0 Å². The zero-order valence-electron chi connectivity index (χ0n) is 11.9. The molecule has 102 valence electrons. The van der Waals surface area contributed by atoms with E-state index in [9.17, 15) is 0 Å². The molecule has 0 bridgehead atoms. The largest absolute Gasteiger partial charge is 0.376 e. The van der Waals surface area contributed by atoms with Crippen molar-refractivity contribution in [1.29, 1.82) is 0 Å². The summed E-state index contributed by atoms with van der Waals surface area (Å²) in [7, 11) is 0. The Morgan fingerprint density at radius 3 is 2.67 bits per heavy atom. The molecule has 1 aliphatic heterocycles. The zero-order valence-corrected chi connectivity index (χ0v) is 11.9. The van der Waals surface area contributed by atoms with E-state index in [2.05, 4.69) is 49.7 Å². The third-order valence-electron chi connectivity index (χ3n) is 3.29. The van der Waals surface area contributed by atoms with Gasteiger partial charge in [0.15, 0.2) is 5.82 Å². The van der Waals surface area contributed by atoms with Crippen LogP contribution >= 0.6 is 0 Å². The average molecular weight is 253 g/mol. The maximum atomic E-state index is 5.55. The van der Waals surface area contributed by atoms with E-state index in [-0.39, 0.29) is 17.6 Å². The molecule has 0 aromatic carbocycles. The van der Waals surface area contributed by atoms with E-state index >= 15 is 0 Å². The summed E-state index contributed by atoms with van der Waals surface area (Å²) in [5, 5.41) is 4.08. The van der Waals surface area contributed by atoms with Gasteiger partial charge in [-0.05, 0) is 13.8 Å². The average Bonchev–Trinajstić information content (AvgIpc) is 2.77. The van der Waals surface area contributed by atoms with Gasteiger partial charge in [0.25, 0.3) is 0 Å². The van der Waals surface area contributed by atoms with E-state index in [0.29, 0.717) is 5.89 Å². The van der Waals surface area contributed by atoms with Crippen LogP contribution in [0.5, 0.6) is 0 Å². The van der Waals surface area contributed by atoms with Crippen molar-refractivity contribution in [2.24, 2.45) is 0 Å². The van der Waals surface area contributed by atoms with Crippen molar-refractivity contribution < 1.29 is 9.26 Å². The third kappa shape index (κ3) is 2.90. The summed E-state index contributed by atoms with van der Waals surface area (Å²) in [6.07, 6.45) is 0.270. The number of morpholine rings is 1. The van der Waals surface area contributed by atoms with Gasteiger partial charge in [0.05, 0.1) is 18.8 Å². The molecule has 1 saturated heterocycles. The summed E-state index contributed by atoms with van der Waals surface area (Å²) >= 11 is 0. The first-order chi connectivity index (χ1) is 8.38. The molecule has 5 heteroatoms. The van der Waals surface area contributed by atoms with Gasteiger partial charge in [-0.15, -0.1) is 0 Å². The monoisotopic (exact) mass is 253 g/mol. The lowest BCUT2D eigenvalue weighted by Gasteiger charge is -2.33. The van der Waals surface area contributed by atoms with Crippen LogP contribution in [-0.4, -0.2) is 40.8 Å². The van der Waals surface area contributed by atoms with Crippen LogP contribution in [0.3, 0.4) is 0 Å². The highest BCUT2D eigenvalue weighted by atomic mass is 16.5. The van der Waals surface area contributed by atoms with Crippen molar-refractivity contribution in [3.05, 3.63) is 11.7 Å². The molecule has 1 aliphatic rings. The number of hydrogen-bond acceptors (Lipinski definition) is 5. The lowest BCUT2D eigenvalue weighted by atomic mass is 9.96. The van der Waals surface area contributed by atoms with Crippen molar-refractivity contribution in [1.82, 2.24) is 15.0 Å². The Kier molecular flexibility index (Phi) is 3.73. The van der Waals surface area contributed by atoms with Gasteiger partial charge < -0.3 is 9.26 Å². The quantitative estimate of drug-likeness (QED) is 0.808. The number of hydrogen-bond donors (Lipinski definition) is 0. The predicted molar refractivity (Wildman–Crippen MR) is 68.4 cm³/mol. The Balaban J connectivity index is 2.09. The highest BCUT2D eigenvalue weighted by Gasteiger charge is 2.28. The smallest absolute Gasteiger partial charge is 0.243 e. The molecule has 0 unspecified atom stereocenters. The minimum Gasteiger partial charge on any atom is -0.376 e. The number of ether oxygens (including phenoxy) is 1. The zero-order chi connectivity index (χ0) is 13.3.